The maximum atomic E-state index is 5.42. The fourth-order valence-corrected chi connectivity index (χ4v) is 1.96. The van der Waals surface area contributed by atoms with E-state index >= 15 is 0 Å². The van der Waals surface area contributed by atoms with Crippen LogP contribution in [0.15, 0.2) is 24.4 Å². The average molecular weight is 246 g/mol. The van der Waals surface area contributed by atoms with Crippen molar-refractivity contribution in [3.63, 3.8) is 0 Å². The van der Waals surface area contributed by atoms with Crippen molar-refractivity contribution in [3.8, 4) is 22.8 Å². The lowest BCUT2D eigenvalue weighted by Gasteiger charge is -2.11. The number of para-hydroxylation sites is 1. The lowest BCUT2D eigenvalue weighted by molar-refractivity contribution is 0.356. The third-order valence-electron chi connectivity index (χ3n) is 2.81. The normalized spacial score (nSPS) is 10.4. The van der Waals surface area contributed by atoms with Gasteiger partial charge in [0, 0.05) is 12.0 Å². The predicted molar refractivity (Wildman–Crippen MR) is 71.1 cm³/mol. The van der Waals surface area contributed by atoms with Crippen LogP contribution in [-0.4, -0.2) is 24.2 Å². The van der Waals surface area contributed by atoms with E-state index in [0.717, 1.165) is 41.4 Å². The molecule has 4 heteroatoms. The Kier molecular flexibility index (Phi) is 3.87. The number of nitrogens with one attached hydrogen (secondary N) is 1. The Labute approximate surface area is 107 Å². The minimum atomic E-state index is 0.724. The quantitative estimate of drug-likeness (QED) is 0.882. The van der Waals surface area contributed by atoms with E-state index < -0.39 is 0 Å². The number of H-pyrrole nitrogens is 1. The van der Waals surface area contributed by atoms with Gasteiger partial charge in [-0.2, -0.15) is 0 Å². The van der Waals surface area contributed by atoms with Crippen molar-refractivity contribution < 1.29 is 9.47 Å². The molecule has 0 aliphatic rings. The highest BCUT2D eigenvalue weighted by molar-refractivity contribution is 5.70. The van der Waals surface area contributed by atoms with Crippen molar-refractivity contribution in [2.24, 2.45) is 0 Å². The molecule has 96 valence electrons. The summed E-state index contributed by atoms with van der Waals surface area (Å²) in [7, 11) is 3.28. The first kappa shape index (κ1) is 12.5. The van der Waals surface area contributed by atoms with Gasteiger partial charge in [-0.25, -0.2) is 4.98 Å². The van der Waals surface area contributed by atoms with E-state index in [1.807, 2.05) is 24.4 Å². The van der Waals surface area contributed by atoms with E-state index in [9.17, 15) is 0 Å². The second-order valence-electron chi connectivity index (χ2n) is 4.03. The zero-order valence-corrected chi connectivity index (χ0v) is 11.0. The van der Waals surface area contributed by atoms with Crippen LogP contribution in [0.5, 0.6) is 11.5 Å². The fourth-order valence-electron chi connectivity index (χ4n) is 1.96. The topological polar surface area (TPSA) is 47.1 Å². The van der Waals surface area contributed by atoms with Gasteiger partial charge in [-0.05, 0) is 18.6 Å². The van der Waals surface area contributed by atoms with Gasteiger partial charge in [0.05, 0.1) is 26.1 Å². The second kappa shape index (κ2) is 5.58. The Balaban J connectivity index is 2.42. The van der Waals surface area contributed by atoms with Crippen LogP contribution in [0.3, 0.4) is 0 Å². The Bertz CT molecular complexity index is 520. The molecule has 0 fully saturated rings. The molecule has 4 nitrogen and oxygen atoms in total. The number of aromatic amines is 1. The molecule has 1 aromatic carbocycles. The van der Waals surface area contributed by atoms with Gasteiger partial charge in [-0.1, -0.05) is 13.0 Å². The monoisotopic (exact) mass is 246 g/mol. The SMILES string of the molecule is CCCc1ncc(-c2cccc(OC)c2OC)[nH]1. The highest BCUT2D eigenvalue weighted by Gasteiger charge is 2.13. The van der Waals surface area contributed by atoms with E-state index in [1.54, 1.807) is 14.2 Å². The number of benzene rings is 1. The number of hydrogen-bond acceptors (Lipinski definition) is 3. The van der Waals surface area contributed by atoms with Crippen LogP contribution in [0.1, 0.15) is 19.2 Å². The van der Waals surface area contributed by atoms with Crippen LogP contribution >= 0.6 is 0 Å². The molecule has 0 aliphatic carbocycles. The van der Waals surface area contributed by atoms with Crippen LogP contribution in [0.2, 0.25) is 0 Å². The van der Waals surface area contributed by atoms with Gasteiger partial charge in [-0.15, -0.1) is 0 Å². The van der Waals surface area contributed by atoms with Crippen molar-refractivity contribution in [1.29, 1.82) is 0 Å². The van der Waals surface area contributed by atoms with Gasteiger partial charge in [0.15, 0.2) is 11.5 Å². The standard InChI is InChI=1S/C14H18N2O2/c1-4-6-13-15-9-11(16-13)10-7-5-8-12(17-2)14(10)18-3/h5,7-9H,4,6H2,1-3H3,(H,15,16). The number of aromatic nitrogens is 2. The van der Waals surface area contributed by atoms with Crippen LogP contribution < -0.4 is 9.47 Å². The zero-order valence-electron chi connectivity index (χ0n) is 11.0. The first-order valence-corrected chi connectivity index (χ1v) is 6.05. The number of rotatable bonds is 5. The molecule has 1 N–H and O–H groups in total. The van der Waals surface area contributed by atoms with E-state index in [4.69, 9.17) is 9.47 Å². The largest absolute Gasteiger partial charge is 0.493 e. The van der Waals surface area contributed by atoms with Gasteiger partial charge in [0.2, 0.25) is 0 Å². The fraction of sp³-hybridized carbons (Fsp3) is 0.357. The summed E-state index contributed by atoms with van der Waals surface area (Å²) < 4.78 is 10.7. The zero-order chi connectivity index (χ0) is 13.0. The third kappa shape index (κ3) is 2.32. The molecular formula is C14H18N2O2. The van der Waals surface area contributed by atoms with Crippen LogP contribution in [-0.2, 0) is 6.42 Å². The summed E-state index contributed by atoms with van der Waals surface area (Å²) >= 11 is 0. The van der Waals surface area contributed by atoms with Gasteiger partial charge >= 0.3 is 0 Å². The maximum absolute atomic E-state index is 5.42. The second-order valence-corrected chi connectivity index (χ2v) is 4.03. The smallest absolute Gasteiger partial charge is 0.170 e. The van der Waals surface area contributed by atoms with Gasteiger partial charge in [0.25, 0.3) is 0 Å². The molecule has 1 aromatic heterocycles. The summed E-state index contributed by atoms with van der Waals surface area (Å²) in [6.07, 6.45) is 3.86. The Hall–Kier alpha value is -1.97. The molecule has 0 spiro atoms. The molecule has 2 aromatic rings. The van der Waals surface area contributed by atoms with Crippen molar-refractivity contribution in [1.82, 2.24) is 9.97 Å². The number of aryl methyl sites for hydroxylation is 1. The number of imidazole rings is 1. The highest BCUT2D eigenvalue weighted by atomic mass is 16.5. The van der Waals surface area contributed by atoms with Gasteiger partial charge in [-0.3, -0.25) is 0 Å². The molecule has 0 amide bonds. The Morgan fingerprint density at radius 1 is 1.22 bits per heavy atom. The number of nitrogens with zero attached hydrogens (tertiary/aromatic N) is 1. The summed E-state index contributed by atoms with van der Waals surface area (Å²) in [6, 6.07) is 5.81. The Morgan fingerprint density at radius 3 is 2.72 bits per heavy atom. The molecular weight excluding hydrogens is 228 g/mol. The number of ether oxygens (including phenoxy) is 2. The molecule has 0 atom stereocenters. The molecule has 2 rings (SSSR count). The molecule has 0 unspecified atom stereocenters. The molecule has 18 heavy (non-hydrogen) atoms. The molecule has 0 saturated heterocycles. The lowest BCUT2D eigenvalue weighted by Crippen LogP contribution is -1.93. The molecule has 0 bridgehead atoms. The minimum absolute atomic E-state index is 0.724. The molecule has 0 saturated carbocycles. The van der Waals surface area contributed by atoms with Crippen molar-refractivity contribution in [2.45, 2.75) is 19.8 Å². The molecule has 1 heterocycles. The average Bonchev–Trinajstić information content (AvgIpc) is 2.86. The van der Waals surface area contributed by atoms with Crippen molar-refractivity contribution >= 4 is 0 Å². The van der Waals surface area contributed by atoms with Gasteiger partial charge in [0.1, 0.15) is 5.82 Å². The van der Waals surface area contributed by atoms with Crippen LogP contribution in [0.25, 0.3) is 11.3 Å². The van der Waals surface area contributed by atoms with E-state index in [1.165, 1.54) is 0 Å². The summed E-state index contributed by atoms with van der Waals surface area (Å²) in [6.45, 7) is 2.13. The highest BCUT2D eigenvalue weighted by Crippen LogP contribution is 2.36. The molecule has 0 aliphatic heterocycles. The Morgan fingerprint density at radius 2 is 2.06 bits per heavy atom. The van der Waals surface area contributed by atoms with Gasteiger partial charge < -0.3 is 14.5 Å². The molecule has 0 radical (unpaired) electrons. The first-order chi connectivity index (χ1) is 8.80. The minimum Gasteiger partial charge on any atom is -0.493 e. The third-order valence-corrected chi connectivity index (χ3v) is 2.81. The van der Waals surface area contributed by atoms with Crippen molar-refractivity contribution in [3.05, 3.63) is 30.2 Å². The summed E-state index contributed by atoms with van der Waals surface area (Å²) in [4.78, 5) is 7.67. The number of hydrogen-bond donors (Lipinski definition) is 1. The summed E-state index contributed by atoms with van der Waals surface area (Å²) in [5.41, 5.74) is 1.92. The summed E-state index contributed by atoms with van der Waals surface area (Å²) in [5, 5.41) is 0. The van der Waals surface area contributed by atoms with Crippen molar-refractivity contribution in [2.75, 3.05) is 14.2 Å². The van der Waals surface area contributed by atoms with E-state index in [-0.39, 0.29) is 0 Å². The summed E-state index contributed by atoms with van der Waals surface area (Å²) in [5.74, 6) is 2.45. The predicted octanol–water partition coefficient (Wildman–Crippen LogP) is 3.05. The first-order valence-electron chi connectivity index (χ1n) is 6.05. The van der Waals surface area contributed by atoms with Crippen LogP contribution in [0.4, 0.5) is 0 Å². The van der Waals surface area contributed by atoms with E-state index in [2.05, 4.69) is 16.9 Å². The maximum Gasteiger partial charge on any atom is 0.170 e. The number of methoxy groups -OCH3 is 2. The van der Waals surface area contributed by atoms with E-state index in [0.29, 0.717) is 0 Å². The van der Waals surface area contributed by atoms with Crippen LogP contribution in [0, 0.1) is 0 Å². The lowest BCUT2D eigenvalue weighted by atomic mass is 10.1.